The number of benzene rings is 1. The second-order valence-electron chi connectivity index (χ2n) is 6.10. The van der Waals surface area contributed by atoms with Crippen LogP contribution in [0, 0.1) is 0 Å². The number of likely N-dealkylation sites (N-methyl/N-ethyl adjacent to an activating group) is 2. The van der Waals surface area contributed by atoms with E-state index >= 15 is 0 Å². The van der Waals surface area contributed by atoms with E-state index in [1.54, 1.807) is 0 Å². The first kappa shape index (κ1) is 19.5. The van der Waals surface area contributed by atoms with Crippen molar-refractivity contribution in [1.82, 2.24) is 20.2 Å². The number of nitrogens with one attached hydrogen (secondary N) is 2. The monoisotopic (exact) mass is 404 g/mol. The molecule has 0 bridgehead atoms. The Morgan fingerprint density at radius 2 is 2.04 bits per heavy atom. The molecule has 2 heterocycles. The summed E-state index contributed by atoms with van der Waals surface area (Å²) in [5, 5.41) is 3.45. The van der Waals surface area contributed by atoms with Crippen molar-refractivity contribution < 1.29 is 4.79 Å². The summed E-state index contributed by atoms with van der Waals surface area (Å²) in [6.45, 7) is 5.81. The Bertz CT molecular complexity index is 997. The number of aromatic amines is 1. The van der Waals surface area contributed by atoms with Crippen LogP contribution in [0.2, 0.25) is 5.02 Å². The smallest absolute Gasteiger partial charge is 0.268 e. The Balaban J connectivity index is 1.86. The van der Waals surface area contributed by atoms with E-state index in [9.17, 15) is 9.59 Å². The lowest BCUT2D eigenvalue weighted by molar-refractivity contribution is -0.122. The van der Waals surface area contributed by atoms with Crippen LogP contribution in [0.1, 0.15) is 19.7 Å². The van der Waals surface area contributed by atoms with Gasteiger partial charge in [0.25, 0.3) is 5.56 Å². The van der Waals surface area contributed by atoms with Gasteiger partial charge in [-0.2, -0.15) is 0 Å². The van der Waals surface area contributed by atoms with Gasteiger partial charge in [-0.3, -0.25) is 14.5 Å². The van der Waals surface area contributed by atoms with Crippen molar-refractivity contribution in [3.8, 4) is 10.4 Å². The fourth-order valence-corrected chi connectivity index (χ4v) is 3.89. The highest BCUT2D eigenvalue weighted by atomic mass is 35.5. The van der Waals surface area contributed by atoms with Gasteiger partial charge in [-0.1, -0.05) is 30.7 Å². The van der Waals surface area contributed by atoms with Crippen LogP contribution in [-0.2, 0) is 11.3 Å². The first-order valence-electron chi connectivity index (χ1n) is 8.77. The largest absolute Gasteiger partial charge is 0.355 e. The van der Waals surface area contributed by atoms with Crippen LogP contribution < -0.4 is 10.9 Å². The maximum Gasteiger partial charge on any atom is 0.268 e. The van der Waals surface area contributed by atoms with E-state index in [2.05, 4.69) is 15.3 Å². The minimum atomic E-state index is -0.158. The van der Waals surface area contributed by atoms with Gasteiger partial charge >= 0.3 is 0 Å². The molecule has 3 rings (SSSR count). The maximum atomic E-state index is 12.5. The second-order valence-corrected chi connectivity index (χ2v) is 7.59. The minimum Gasteiger partial charge on any atom is -0.355 e. The SMILES string of the molecule is CCNC(=O)CN(CC)Cc1nc2cc(-c3ccc(Cl)cc3)sc2c(=O)[nH]1. The molecule has 8 heteroatoms. The van der Waals surface area contributed by atoms with Crippen molar-refractivity contribution in [2.24, 2.45) is 0 Å². The lowest BCUT2D eigenvalue weighted by Gasteiger charge is -2.18. The van der Waals surface area contributed by atoms with Gasteiger partial charge in [0.05, 0.1) is 18.6 Å². The number of nitrogens with zero attached hydrogens (tertiary/aromatic N) is 2. The van der Waals surface area contributed by atoms with Gasteiger partial charge in [-0.15, -0.1) is 11.3 Å². The summed E-state index contributed by atoms with van der Waals surface area (Å²) in [5.74, 6) is 0.516. The van der Waals surface area contributed by atoms with Crippen molar-refractivity contribution >= 4 is 39.1 Å². The third-order valence-corrected chi connectivity index (χ3v) is 5.55. The average Bonchev–Trinajstić information content (AvgIpc) is 3.06. The van der Waals surface area contributed by atoms with Gasteiger partial charge in [-0.25, -0.2) is 4.98 Å². The highest BCUT2D eigenvalue weighted by Crippen LogP contribution is 2.31. The third kappa shape index (κ3) is 4.74. The molecule has 0 unspecified atom stereocenters. The number of fused-ring (bicyclic) bond motifs is 1. The van der Waals surface area contributed by atoms with Gasteiger partial charge in [0.1, 0.15) is 10.5 Å². The highest BCUT2D eigenvalue weighted by molar-refractivity contribution is 7.22. The van der Waals surface area contributed by atoms with Gasteiger partial charge in [0.15, 0.2) is 0 Å². The number of rotatable bonds is 7. The lowest BCUT2D eigenvalue weighted by atomic mass is 10.2. The molecule has 0 fully saturated rings. The van der Waals surface area contributed by atoms with Crippen molar-refractivity contribution in [3.63, 3.8) is 0 Å². The third-order valence-electron chi connectivity index (χ3n) is 4.12. The van der Waals surface area contributed by atoms with Gasteiger partial charge in [0, 0.05) is 16.4 Å². The van der Waals surface area contributed by atoms with E-state index < -0.39 is 0 Å². The summed E-state index contributed by atoms with van der Waals surface area (Å²) in [5.41, 5.74) is 1.50. The van der Waals surface area contributed by atoms with Crippen LogP contribution >= 0.6 is 22.9 Å². The molecule has 0 aliphatic carbocycles. The van der Waals surface area contributed by atoms with E-state index in [4.69, 9.17) is 11.6 Å². The van der Waals surface area contributed by atoms with Crippen LogP contribution in [0.3, 0.4) is 0 Å². The topological polar surface area (TPSA) is 78.1 Å². The lowest BCUT2D eigenvalue weighted by Crippen LogP contribution is -2.37. The van der Waals surface area contributed by atoms with E-state index in [-0.39, 0.29) is 18.0 Å². The Labute approximate surface area is 166 Å². The number of carbonyl (C=O) groups is 1. The van der Waals surface area contributed by atoms with E-state index in [1.165, 1.54) is 11.3 Å². The predicted molar refractivity (Wildman–Crippen MR) is 110 cm³/mol. The molecule has 0 saturated heterocycles. The zero-order valence-electron chi connectivity index (χ0n) is 15.2. The zero-order valence-corrected chi connectivity index (χ0v) is 16.8. The number of thiophene rings is 1. The first-order chi connectivity index (χ1) is 13.0. The molecule has 3 aromatic rings. The summed E-state index contributed by atoms with van der Waals surface area (Å²) >= 11 is 7.35. The van der Waals surface area contributed by atoms with Crippen LogP contribution in [0.5, 0.6) is 0 Å². The Morgan fingerprint density at radius 1 is 1.30 bits per heavy atom. The molecule has 2 N–H and O–H groups in total. The van der Waals surface area contributed by atoms with Crippen LogP contribution in [0.15, 0.2) is 35.1 Å². The fourth-order valence-electron chi connectivity index (χ4n) is 2.77. The number of H-pyrrole nitrogens is 1. The predicted octanol–water partition coefficient (Wildman–Crippen LogP) is 3.26. The molecule has 2 aromatic heterocycles. The summed E-state index contributed by atoms with van der Waals surface area (Å²) in [7, 11) is 0. The molecule has 0 atom stereocenters. The number of hydrogen-bond acceptors (Lipinski definition) is 5. The zero-order chi connectivity index (χ0) is 19.4. The van der Waals surface area contributed by atoms with Gasteiger partial charge in [-0.05, 0) is 37.2 Å². The van der Waals surface area contributed by atoms with E-state index in [1.807, 2.05) is 49.1 Å². The Kier molecular flexibility index (Phi) is 6.26. The molecule has 6 nitrogen and oxygen atoms in total. The van der Waals surface area contributed by atoms with Crippen LogP contribution in [0.4, 0.5) is 0 Å². The molecule has 1 aromatic carbocycles. The van der Waals surface area contributed by atoms with Crippen molar-refractivity contribution in [2.45, 2.75) is 20.4 Å². The highest BCUT2D eigenvalue weighted by Gasteiger charge is 2.14. The summed E-state index contributed by atoms with van der Waals surface area (Å²) in [6.07, 6.45) is 0. The van der Waals surface area contributed by atoms with E-state index in [0.29, 0.717) is 40.7 Å². The molecule has 0 aliphatic rings. The van der Waals surface area contributed by atoms with Gasteiger partial charge < -0.3 is 10.3 Å². The quantitative estimate of drug-likeness (QED) is 0.633. The van der Waals surface area contributed by atoms with Crippen LogP contribution in [-0.4, -0.2) is 40.4 Å². The standard InChI is InChI=1S/C19H21ClN4O2S/c1-3-21-17(25)11-24(4-2)10-16-22-14-9-15(27-18(14)19(26)23-16)12-5-7-13(20)8-6-12/h5-9H,3-4,10-11H2,1-2H3,(H,21,25)(H,22,23,26). The van der Waals surface area contributed by atoms with Crippen molar-refractivity contribution in [3.05, 3.63) is 51.5 Å². The molecule has 27 heavy (non-hydrogen) atoms. The minimum absolute atomic E-state index is 0.0386. The molecule has 0 radical (unpaired) electrons. The average molecular weight is 405 g/mol. The Morgan fingerprint density at radius 3 is 2.70 bits per heavy atom. The first-order valence-corrected chi connectivity index (χ1v) is 9.97. The van der Waals surface area contributed by atoms with Crippen molar-refractivity contribution in [1.29, 1.82) is 0 Å². The van der Waals surface area contributed by atoms with E-state index in [0.717, 1.165) is 10.4 Å². The van der Waals surface area contributed by atoms with Gasteiger partial charge in [0.2, 0.25) is 5.91 Å². The maximum absolute atomic E-state index is 12.5. The van der Waals surface area contributed by atoms with Crippen LogP contribution in [0.25, 0.3) is 20.7 Å². The molecule has 0 saturated carbocycles. The number of aromatic nitrogens is 2. The number of amides is 1. The molecule has 0 spiro atoms. The number of hydrogen-bond donors (Lipinski definition) is 2. The van der Waals surface area contributed by atoms with Crippen molar-refractivity contribution in [2.75, 3.05) is 19.6 Å². The molecular weight excluding hydrogens is 384 g/mol. The fraction of sp³-hybridized carbons (Fsp3) is 0.316. The normalized spacial score (nSPS) is 11.3. The molecule has 142 valence electrons. The number of carbonyl (C=O) groups excluding carboxylic acids is 1. The summed E-state index contributed by atoms with van der Waals surface area (Å²) < 4.78 is 0.593. The molecular formula is C19H21ClN4O2S. The second kappa shape index (κ2) is 8.65. The summed E-state index contributed by atoms with van der Waals surface area (Å²) in [4.78, 5) is 34.6. The molecule has 0 aliphatic heterocycles. The Hall–Kier alpha value is -2.22. The molecule has 1 amide bonds. The number of halogens is 1. The summed E-state index contributed by atoms with van der Waals surface area (Å²) in [6, 6.07) is 9.42.